The average molecular weight is 314 g/mol. The Hall–Kier alpha value is -1.34. The van der Waals surface area contributed by atoms with Crippen LogP contribution >= 0.6 is 0 Å². The van der Waals surface area contributed by atoms with Gasteiger partial charge in [-0.05, 0) is 24.5 Å². The number of fused-ring (bicyclic) bond motifs is 1. The molecule has 0 saturated heterocycles. The van der Waals surface area contributed by atoms with Gasteiger partial charge in [0.15, 0.2) is 9.84 Å². The van der Waals surface area contributed by atoms with Gasteiger partial charge in [0, 0.05) is 45.0 Å². The zero-order chi connectivity index (χ0) is 15.5. The van der Waals surface area contributed by atoms with E-state index in [1.807, 2.05) is 18.3 Å². The van der Waals surface area contributed by atoms with Crippen LogP contribution in [-0.2, 0) is 32.5 Å². The summed E-state index contributed by atoms with van der Waals surface area (Å²) in [7, 11) is -1.65. The zero-order valence-electron chi connectivity index (χ0n) is 12.5. The molecule has 1 atom stereocenters. The number of nitrogens with zero attached hydrogens (tertiary/aromatic N) is 2. The first kappa shape index (κ1) is 16.0. The molecule has 1 aromatic heterocycles. The van der Waals surface area contributed by atoms with E-state index in [-0.39, 0.29) is 11.8 Å². The topological polar surface area (TPSA) is 68.6 Å². The van der Waals surface area contributed by atoms with Crippen molar-refractivity contribution in [3.63, 3.8) is 0 Å². The maximum atomic E-state index is 12.2. The molecule has 0 unspecified atom stereocenters. The molecule has 1 aliphatic rings. The molecule has 7 heteroatoms. The van der Waals surface area contributed by atoms with E-state index in [4.69, 9.17) is 4.74 Å². The summed E-state index contributed by atoms with van der Waals surface area (Å²) in [4.78, 5) is 13.9. The van der Waals surface area contributed by atoms with Gasteiger partial charge in [-0.2, -0.15) is 0 Å². The Bertz CT molecular complexity index is 594. The number of amides is 1. The molecule has 0 fully saturated rings. The van der Waals surface area contributed by atoms with E-state index in [1.165, 1.54) is 0 Å². The number of sulfone groups is 1. The van der Waals surface area contributed by atoms with Crippen LogP contribution in [0, 0.1) is 5.92 Å². The number of carbonyl (C=O) groups excluding carboxylic acids is 1. The first-order valence-corrected chi connectivity index (χ1v) is 9.03. The number of aromatic nitrogens is 1. The van der Waals surface area contributed by atoms with Crippen LogP contribution in [0.2, 0.25) is 0 Å². The molecule has 0 aliphatic carbocycles. The third kappa shape index (κ3) is 4.57. The fourth-order valence-electron chi connectivity index (χ4n) is 2.65. The second kappa shape index (κ2) is 6.62. The Morgan fingerprint density at radius 1 is 1.43 bits per heavy atom. The first-order chi connectivity index (χ1) is 9.89. The van der Waals surface area contributed by atoms with Crippen LogP contribution in [0.1, 0.15) is 12.1 Å². The summed E-state index contributed by atoms with van der Waals surface area (Å²) in [5.41, 5.74) is 1.04. The van der Waals surface area contributed by atoms with Crippen molar-refractivity contribution in [1.82, 2.24) is 9.47 Å². The molecule has 118 valence electrons. The minimum atomic E-state index is -3.31. The van der Waals surface area contributed by atoms with E-state index < -0.39 is 15.6 Å². The summed E-state index contributed by atoms with van der Waals surface area (Å²) in [6.07, 6.45) is 3.93. The van der Waals surface area contributed by atoms with Gasteiger partial charge in [0.2, 0.25) is 5.91 Å². The van der Waals surface area contributed by atoms with Crippen molar-refractivity contribution >= 4 is 15.7 Å². The molecule has 0 spiro atoms. The van der Waals surface area contributed by atoms with Crippen molar-refractivity contribution in [3.8, 4) is 0 Å². The molecule has 0 aromatic carbocycles. The molecule has 0 saturated carbocycles. The van der Waals surface area contributed by atoms with E-state index in [0.29, 0.717) is 19.7 Å². The third-order valence-electron chi connectivity index (χ3n) is 3.68. The Kier molecular flexibility index (Phi) is 5.05. The highest BCUT2D eigenvalue weighted by Gasteiger charge is 2.26. The highest BCUT2D eigenvalue weighted by molar-refractivity contribution is 7.91. The number of hydrogen-bond donors (Lipinski definition) is 0. The van der Waals surface area contributed by atoms with Gasteiger partial charge in [-0.3, -0.25) is 4.79 Å². The Balaban J connectivity index is 2.15. The number of rotatable bonds is 5. The van der Waals surface area contributed by atoms with Crippen molar-refractivity contribution in [2.45, 2.75) is 19.5 Å². The third-order valence-corrected chi connectivity index (χ3v) is 4.45. The molecule has 2 heterocycles. The maximum absolute atomic E-state index is 12.2. The summed E-state index contributed by atoms with van der Waals surface area (Å²) in [5.74, 6) is -0.485. The molecule has 0 bridgehead atoms. The van der Waals surface area contributed by atoms with Gasteiger partial charge in [0.05, 0.1) is 6.54 Å². The normalized spacial score (nSPS) is 19.1. The van der Waals surface area contributed by atoms with E-state index in [2.05, 4.69) is 4.57 Å². The molecule has 0 radical (unpaired) electrons. The lowest BCUT2D eigenvalue weighted by atomic mass is 10.1. The summed E-state index contributed by atoms with van der Waals surface area (Å²) in [6, 6.07) is 3.92. The predicted octanol–water partition coefficient (Wildman–Crippen LogP) is 0.528. The van der Waals surface area contributed by atoms with Gasteiger partial charge in [-0.1, -0.05) is 0 Å². The predicted molar refractivity (Wildman–Crippen MR) is 79.5 cm³/mol. The van der Waals surface area contributed by atoms with Crippen molar-refractivity contribution < 1.29 is 17.9 Å². The molecule has 0 N–H and O–H groups in total. The van der Waals surface area contributed by atoms with Crippen LogP contribution in [-0.4, -0.2) is 56.1 Å². The number of carbonyl (C=O) groups is 1. The summed E-state index contributed by atoms with van der Waals surface area (Å²) >= 11 is 0. The first-order valence-electron chi connectivity index (χ1n) is 6.97. The molecule has 1 aliphatic heterocycles. The van der Waals surface area contributed by atoms with Crippen LogP contribution in [0.4, 0.5) is 0 Å². The Labute approximate surface area is 125 Å². The number of methoxy groups -OCH3 is 1. The van der Waals surface area contributed by atoms with Crippen LogP contribution < -0.4 is 0 Å². The van der Waals surface area contributed by atoms with Gasteiger partial charge in [0.1, 0.15) is 5.75 Å². The second-order valence-corrected chi connectivity index (χ2v) is 7.78. The fourth-order valence-corrected chi connectivity index (χ4v) is 3.28. The minimum Gasteiger partial charge on any atom is -0.385 e. The van der Waals surface area contributed by atoms with Crippen molar-refractivity contribution in [2.24, 2.45) is 5.92 Å². The molecular weight excluding hydrogens is 292 g/mol. The van der Waals surface area contributed by atoms with Crippen molar-refractivity contribution in [2.75, 3.05) is 32.3 Å². The lowest BCUT2D eigenvalue weighted by molar-refractivity contribution is -0.129. The number of ether oxygens (including phenoxy) is 1. The number of hydrogen-bond acceptors (Lipinski definition) is 4. The van der Waals surface area contributed by atoms with Crippen LogP contribution in [0.25, 0.3) is 0 Å². The summed E-state index contributed by atoms with van der Waals surface area (Å²) in [5, 5.41) is 0. The molecule has 1 aromatic rings. The van der Waals surface area contributed by atoms with Crippen molar-refractivity contribution in [1.29, 1.82) is 0 Å². The zero-order valence-corrected chi connectivity index (χ0v) is 13.3. The minimum absolute atomic E-state index is 0.266. The van der Waals surface area contributed by atoms with E-state index in [9.17, 15) is 13.2 Å². The van der Waals surface area contributed by atoms with Crippen molar-refractivity contribution in [3.05, 3.63) is 24.0 Å². The van der Waals surface area contributed by atoms with E-state index in [0.717, 1.165) is 24.9 Å². The standard InChI is InChI=1S/C14H22N2O4S/c1-20-7-5-12-8-15-6-3-4-13(15)10-16(9-12)14(17)11-21(2,18)19/h3-4,6,12H,5,7-11H2,1-2H3/t12-/m0/s1. The van der Waals surface area contributed by atoms with Gasteiger partial charge in [0.25, 0.3) is 0 Å². The summed E-state index contributed by atoms with van der Waals surface area (Å²) in [6.45, 7) is 2.49. The lowest BCUT2D eigenvalue weighted by Crippen LogP contribution is -2.37. The lowest BCUT2D eigenvalue weighted by Gasteiger charge is -2.24. The quantitative estimate of drug-likeness (QED) is 0.795. The summed E-state index contributed by atoms with van der Waals surface area (Å²) < 4.78 is 29.9. The highest BCUT2D eigenvalue weighted by Crippen LogP contribution is 2.19. The highest BCUT2D eigenvalue weighted by atomic mass is 32.2. The van der Waals surface area contributed by atoms with Crippen LogP contribution in [0.15, 0.2) is 18.3 Å². The maximum Gasteiger partial charge on any atom is 0.238 e. The molecule has 6 nitrogen and oxygen atoms in total. The smallest absolute Gasteiger partial charge is 0.238 e. The van der Waals surface area contributed by atoms with Gasteiger partial charge in [-0.25, -0.2) is 8.42 Å². The SMILES string of the molecule is COCC[C@@H]1CN(C(=O)CS(C)(=O)=O)Cc2cccn2C1. The Morgan fingerprint density at radius 3 is 2.86 bits per heavy atom. The van der Waals surface area contributed by atoms with E-state index in [1.54, 1.807) is 12.0 Å². The van der Waals surface area contributed by atoms with Crippen LogP contribution in [0.5, 0.6) is 0 Å². The van der Waals surface area contributed by atoms with Gasteiger partial charge >= 0.3 is 0 Å². The van der Waals surface area contributed by atoms with Gasteiger partial charge < -0.3 is 14.2 Å². The fraction of sp³-hybridized carbons (Fsp3) is 0.643. The molecular formula is C14H22N2O4S. The van der Waals surface area contributed by atoms with Gasteiger partial charge in [-0.15, -0.1) is 0 Å². The average Bonchev–Trinajstić information content (AvgIpc) is 2.72. The molecule has 21 heavy (non-hydrogen) atoms. The Morgan fingerprint density at radius 2 is 2.19 bits per heavy atom. The monoisotopic (exact) mass is 314 g/mol. The molecule has 1 amide bonds. The second-order valence-electron chi connectivity index (χ2n) is 5.64. The molecule has 2 rings (SSSR count). The van der Waals surface area contributed by atoms with Crippen LogP contribution in [0.3, 0.4) is 0 Å². The van der Waals surface area contributed by atoms with E-state index >= 15 is 0 Å². The largest absolute Gasteiger partial charge is 0.385 e.